The molecule has 0 aliphatic heterocycles. The zero-order chi connectivity index (χ0) is 11.0. The maximum atomic E-state index is 5.66. The number of aryl methyl sites for hydroxylation is 2. The van der Waals surface area contributed by atoms with E-state index in [1.807, 2.05) is 30.8 Å². The van der Waals surface area contributed by atoms with E-state index >= 15 is 0 Å². The predicted molar refractivity (Wildman–Crippen MR) is 59.9 cm³/mol. The maximum absolute atomic E-state index is 5.66. The molecule has 80 valence electrons. The van der Waals surface area contributed by atoms with Crippen LogP contribution in [0.2, 0.25) is 0 Å². The predicted octanol–water partition coefficient (Wildman–Crippen LogP) is 1.35. The van der Waals surface area contributed by atoms with Gasteiger partial charge in [0.2, 0.25) is 0 Å². The molecule has 0 fully saturated rings. The number of nitrogens with zero attached hydrogens (tertiary/aromatic N) is 2. The largest absolute Gasteiger partial charge is 0.496 e. The summed E-state index contributed by atoms with van der Waals surface area (Å²) in [5.41, 5.74) is 8.77. The minimum Gasteiger partial charge on any atom is -0.496 e. The van der Waals surface area contributed by atoms with Gasteiger partial charge in [-0.1, -0.05) is 0 Å². The van der Waals surface area contributed by atoms with Crippen LogP contribution in [0.25, 0.3) is 10.9 Å². The summed E-state index contributed by atoms with van der Waals surface area (Å²) in [6.07, 6.45) is 0. The summed E-state index contributed by atoms with van der Waals surface area (Å²) < 4.78 is 7.16. The Morgan fingerprint density at radius 3 is 2.80 bits per heavy atom. The van der Waals surface area contributed by atoms with Crippen molar-refractivity contribution in [3.8, 4) is 5.75 Å². The molecule has 2 rings (SSSR count). The fourth-order valence-electron chi connectivity index (χ4n) is 1.85. The van der Waals surface area contributed by atoms with Crippen molar-refractivity contribution in [2.45, 2.75) is 13.5 Å². The first-order valence-corrected chi connectivity index (χ1v) is 4.87. The molecule has 0 aliphatic carbocycles. The van der Waals surface area contributed by atoms with Crippen LogP contribution in [0.1, 0.15) is 11.3 Å². The lowest BCUT2D eigenvalue weighted by Gasteiger charge is -2.07. The van der Waals surface area contributed by atoms with E-state index in [1.54, 1.807) is 7.11 Å². The number of benzene rings is 1. The van der Waals surface area contributed by atoms with E-state index in [1.165, 1.54) is 0 Å². The average Bonchev–Trinajstić information content (AvgIpc) is 2.52. The molecule has 2 aromatic rings. The van der Waals surface area contributed by atoms with Crippen molar-refractivity contribution in [1.29, 1.82) is 0 Å². The Kier molecular flexibility index (Phi) is 2.36. The Morgan fingerprint density at radius 2 is 2.20 bits per heavy atom. The third kappa shape index (κ3) is 1.47. The third-order valence-electron chi connectivity index (χ3n) is 2.66. The topological polar surface area (TPSA) is 53.1 Å². The van der Waals surface area contributed by atoms with Gasteiger partial charge in [-0.15, -0.1) is 0 Å². The molecule has 1 aromatic heterocycles. The van der Waals surface area contributed by atoms with Crippen LogP contribution in [0.5, 0.6) is 5.75 Å². The van der Waals surface area contributed by atoms with Gasteiger partial charge in [0.05, 0.1) is 18.3 Å². The smallest absolute Gasteiger partial charge is 0.124 e. The summed E-state index contributed by atoms with van der Waals surface area (Å²) in [6.45, 7) is 2.47. The van der Waals surface area contributed by atoms with Crippen LogP contribution < -0.4 is 10.5 Å². The van der Waals surface area contributed by atoms with Crippen LogP contribution in [-0.2, 0) is 13.6 Å². The summed E-state index contributed by atoms with van der Waals surface area (Å²) in [7, 11) is 3.59. The number of aromatic nitrogens is 2. The summed E-state index contributed by atoms with van der Waals surface area (Å²) >= 11 is 0. The van der Waals surface area contributed by atoms with Gasteiger partial charge in [-0.2, -0.15) is 5.10 Å². The molecule has 0 bridgehead atoms. The average molecular weight is 205 g/mol. The second-order valence-electron chi connectivity index (χ2n) is 3.59. The minimum absolute atomic E-state index is 0.476. The van der Waals surface area contributed by atoms with Gasteiger partial charge in [-0.3, -0.25) is 4.68 Å². The third-order valence-corrected chi connectivity index (χ3v) is 2.66. The molecule has 0 saturated heterocycles. The van der Waals surface area contributed by atoms with E-state index in [-0.39, 0.29) is 0 Å². The molecule has 4 heteroatoms. The van der Waals surface area contributed by atoms with Gasteiger partial charge in [0, 0.05) is 24.5 Å². The second kappa shape index (κ2) is 3.55. The zero-order valence-electron chi connectivity index (χ0n) is 9.24. The zero-order valence-corrected chi connectivity index (χ0v) is 9.24. The van der Waals surface area contributed by atoms with Crippen LogP contribution in [0.15, 0.2) is 12.1 Å². The van der Waals surface area contributed by atoms with E-state index in [0.717, 1.165) is 27.9 Å². The number of ether oxygens (including phenoxy) is 1. The van der Waals surface area contributed by atoms with Gasteiger partial charge in [0.1, 0.15) is 5.75 Å². The minimum atomic E-state index is 0.476. The molecule has 0 amide bonds. The summed E-state index contributed by atoms with van der Waals surface area (Å²) in [6, 6.07) is 4.04. The summed E-state index contributed by atoms with van der Waals surface area (Å²) in [4.78, 5) is 0. The molecule has 15 heavy (non-hydrogen) atoms. The van der Waals surface area contributed by atoms with E-state index in [4.69, 9.17) is 10.5 Å². The number of methoxy groups -OCH3 is 1. The first-order chi connectivity index (χ1) is 7.17. The van der Waals surface area contributed by atoms with Crippen LogP contribution in [-0.4, -0.2) is 16.9 Å². The highest BCUT2D eigenvalue weighted by molar-refractivity contribution is 5.84. The Hall–Kier alpha value is -1.55. The van der Waals surface area contributed by atoms with Crippen molar-refractivity contribution >= 4 is 10.9 Å². The fourth-order valence-corrected chi connectivity index (χ4v) is 1.85. The molecule has 0 saturated carbocycles. The maximum Gasteiger partial charge on any atom is 0.124 e. The van der Waals surface area contributed by atoms with Gasteiger partial charge < -0.3 is 10.5 Å². The molecule has 0 aliphatic rings. The Bertz CT molecular complexity index is 458. The molecular formula is C11H15N3O. The quantitative estimate of drug-likeness (QED) is 0.805. The van der Waals surface area contributed by atoms with Crippen LogP contribution in [0.3, 0.4) is 0 Å². The lowest BCUT2D eigenvalue weighted by Crippen LogP contribution is -2.00. The number of hydrogen-bond acceptors (Lipinski definition) is 3. The second-order valence-corrected chi connectivity index (χ2v) is 3.59. The van der Waals surface area contributed by atoms with Gasteiger partial charge in [-0.25, -0.2) is 0 Å². The lowest BCUT2D eigenvalue weighted by molar-refractivity contribution is 0.410. The van der Waals surface area contributed by atoms with E-state index < -0.39 is 0 Å². The SMILES string of the molecule is COc1cc2c(C)nn(C)c2cc1CN. The standard InChI is InChI=1S/C11H15N3O/c1-7-9-5-11(15-3)8(6-12)4-10(9)14(2)13-7/h4-5H,6,12H2,1-3H3. The fraction of sp³-hybridized carbons (Fsp3) is 0.364. The van der Waals surface area contributed by atoms with Crippen molar-refractivity contribution in [2.75, 3.05) is 7.11 Å². The van der Waals surface area contributed by atoms with E-state index in [9.17, 15) is 0 Å². The van der Waals surface area contributed by atoms with Crippen molar-refractivity contribution in [3.05, 3.63) is 23.4 Å². The van der Waals surface area contributed by atoms with Crippen LogP contribution in [0.4, 0.5) is 0 Å². The summed E-state index contributed by atoms with van der Waals surface area (Å²) in [5.74, 6) is 0.834. The van der Waals surface area contributed by atoms with Gasteiger partial charge in [-0.05, 0) is 19.1 Å². The molecule has 1 aromatic carbocycles. The molecule has 0 spiro atoms. The van der Waals surface area contributed by atoms with Gasteiger partial charge in [0.15, 0.2) is 0 Å². The van der Waals surface area contributed by atoms with E-state index in [0.29, 0.717) is 6.54 Å². The number of fused-ring (bicyclic) bond motifs is 1. The molecule has 1 heterocycles. The number of hydrogen-bond donors (Lipinski definition) is 1. The highest BCUT2D eigenvalue weighted by Crippen LogP contribution is 2.27. The number of nitrogens with two attached hydrogens (primary N) is 1. The molecule has 0 unspecified atom stereocenters. The highest BCUT2D eigenvalue weighted by atomic mass is 16.5. The number of rotatable bonds is 2. The molecule has 2 N–H and O–H groups in total. The van der Waals surface area contributed by atoms with Crippen LogP contribution >= 0.6 is 0 Å². The van der Waals surface area contributed by atoms with Gasteiger partial charge in [0.25, 0.3) is 0 Å². The van der Waals surface area contributed by atoms with Crippen molar-refractivity contribution in [1.82, 2.24) is 9.78 Å². The Morgan fingerprint density at radius 1 is 1.47 bits per heavy atom. The molecule has 0 atom stereocenters. The van der Waals surface area contributed by atoms with E-state index in [2.05, 4.69) is 5.10 Å². The van der Waals surface area contributed by atoms with Crippen molar-refractivity contribution in [3.63, 3.8) is 0 Å². The monoisotopic (exact) mass is 205 g/mol. The molecular weight excluding hydrogens is 190 g/mol. The Balaban J connectivity index is 2.77. The van der Waals surface area contributed by atoms with Crippen molar-refractivity contribution in [2.24, 2.45) is 12.8 Å². The molecule has 4 nitrogen and oxygen atoms in total. The normalized spacial score (nSPS) is 10.9. The molecule has 0 radical (unpaired) electrons. The first kappa shape index (κ1) is 9.98. The van der Waals surface area contributed by atoms with Gasteiger partial charge >= 0.3 is 0 Å². The Labute approximate surface area is 88.6 Å². The van der Waals surface area contributed by atoms with Crippen LogP contribution in [0, 0.1) is 6.92 Å². The lowest BCUT2D eigenvalue weighted by atomic mass is 10.1. The van der Waals surface area contributed by atoms with Crippen molar-refractivity contribution < 1.29 is 4.74 Å². The highest BCUT2D eigenvalue weighted by Gasteiger charge is 2.09. The summed E-state index contributed by atoms with van der Waals surface area (Å²) in [5, 5.41) is 5.48. The first-order valence-electron chi connectivity index (χ1n) is 4.87.